The molecular formula is C30H19B2ClF8N6O. The van der Waals surface area contributed by atoms with Gasteiger partial charge in [0.2, 0.25) is 0 Å². The van der Waals surface area contributed by atoms with E-state index in [1.807, 2.05) is 0 Å². The Morgan fingerprint density at radius 3 is 2.33 bits per heavy atom. The van der Waals surface area contributed by atoms with Crippen LogP contribution in [-0.4, -0.2) is 49.0 Å². The number of anilines is 4. The molecule has 244 valence electrons. The van der Waals surface area contributed by atoms with E-state index in [1.165, 1.54) is 13.0 Å². The summed E-state index contributed by atoms with van der Waals surface area (Å²) >= 11 is 6.45. The molecule has 0 saturated carbocycles. The van der Waals surface area contributed by atoms with E-state index in [4.69, 9.17) is 27.3 Å². The van der Waals surface area contributed by atoms with Crippen molar-refractivity contribution in [2.45, 2.75) is 30.8 Å². The van der Waals surface area contributed by atoms with Gasteiger partial charge in [0.1, 0.15) is 51.3 Å². The lowest BCUT2D eigenvalue weighted by Crippen LogP contribution is -2.50. The van der Waals surface area contributed by atoms with Crippen molar-refractivity contribution in [2.75, 3.05) is 21.7 Å². The number of aliphatic hydroxyl groups is 1. The van der Waals surface area contributed by atoms with Gasteiger partial charge < -0.3 is 25.5 Å². The van der Waals surface area contributed by atoms with Gasteiger partial charge in [0.15, 0.2) is 0 Å². The number of benzene rings is 3. The number of nitrogens with one attached hydrogen (secondary N) is 2. The van der Waals surface area contributed by atoms with E-state index >= 15 is 0 Å². The first-order valence-corrected chi connectivity index (χ1v) is 14.1. The fraction of sp³-hybridized carbons (Fsp3) is 0.200. The van der Waals surface area contributed by atoms with E-state index in [0.717, 1.165) is 29.2 Å². The minimum Gasteiger partial charge on any atom is -0.389 e. The Morgan fingerprint density at radius 1 is 1.02 bits per heavy atom. The molecule has 3 heterocycles. The normalized spacial score (nSPS) is 16.4. The Balaban J connectivity index is 1.69. The molecule has 7 nitrogen and oxygen atoms in total. The van der Waals surface area contributed by atoms with Crippen LogP contribution in [0.15, 0.2) is 55.4 Å². The number of rotatable bonds is 5. The largest absolute Gasteiger partial charge is 0.418 e. The highest BCUT2D eigenvalue weighted by atomic mass is 35.5. The average molecular weight is 689 g/mol. The zero-order valence-electron chi connectivity index (χ0n) is 24.5. The van der Waals surface area contributed by atoms with Crippen LogP contribution < -0.4 is 20.4 Å². The van der Waals surface area contributed by atoms with E-state index in [0.29, 0.717) is 4.90 Å². The molecule has 48 heavy (non-hydrogen) atoms. The molecule has 1 atom stereocenters. The summed E-state index contributed by atoms with van der Waals surface area (Å²) in [5.41, 5.74) is -5.13. The quantitative estimate of drug-likeness (QED) is 0.156. The van der Waals surface area contributed by atoms with Crippen LogP contribution in [0.25, 0.3) is 16.6 Å². The van der Waals surface area contributed by atoms with Gasteiger partial charge in [0.25, 0.3) is 0 Å². The molecule has 3 aromatic carbocycles. The molecular weight excluding hydrogens is 669 g/mol. The lowest BCUT2D eigenvalue weighted by Gasteiger charge is -2.36. The highest BCUT2D eigenvalue weighted by Gasteiger charge is 2.47. The molecule has 0 fully saturated rings. The minimum atomic E-state index is -5.02. The van der Waals surface area contributed by atoms with Gasteiger partial charge in [-0.25, -0.2) is 18.7 Å². The van der Waals surface area contributed by atoms with E-state index in [-0.39, 0.29) is 62.2 Å². The van der Waals surface area contributed by atoms with Gasteiger partial charge in [-0.3, -0.25) is 0 Å². The molecule has 0 aliphatic carbocycles. The SMILES string of the molecule is [B]C([B])(O)N1C(=C)N(CC(F)(F)F)c2cc(Nc3nc(C)nc4c(C(F)(F)F)cc(F)cc34)c3c(c21)C(=C)NC3c1cc(F)ccc1Cl. The van der Waals surface area contributed by atoms with Crippen molar-refractivity contribution in [3.8, 4) is 0 Å². The second kappa shape index (κ2) is 11.0. The minimum absolute atomic E-state index is 0.0118. The summed E-state index contributed by atoms with van der Waals surface area (Å²) in [6.07, 6.45) is -9.85. The van der Waals surface area contributed by atoms with Crippen LogP contribution in [0.4, 0.5) is 58.0 Å². The summed E-state index contributed by atoms with van der Waals surface area (Å²) in [5.74, 6) is -2.98. The van der Waals surface area contributed by atoms with Gasteiger partial charge in [-0.1, -0.05) is 24.8 Å². The molecule has 0 spiro atoms. The molecule has 4 aromatic rings. The Labute approximate surface area is 274 Å². The standard InChI is InChI=1S/C30H19B2ClF8N6O/c1-11-22-23(25(42-11)16-6-14(34)4-5-19(16)33)20(9-21-26(22)47(30(31,32)48)13(3)46(21)10-28(36,37)38)45-27-17-7-15(35)8-18(29(39,40)41)24(17)43-12(2)44-27/h4-9,25,42,48H,1,3,10H2,2H3,(H,43,44,45). The maximum absolute atomic E-state index is 14.6. The van der Waals surface area contributed by atoms with E-state index in [1.54, 1.807) is 0 Å². The average Bonchev–Trinajstić information content (AvgIpc) is 3.42. The van der Waals surface area contributed by atoms with Crippen LogP contribution in [0.3, 0.4) is 0 Å². The van der Waals surface area contributed by atoms with Crippen LogP contribution in [0, 0.1) is 18.6 Å². The van der Waals surface area contributed by atoms with Crippen molar-refractivity contribution < 1.29 is 40.2 Å². The summed E-state index contributed by atoms with van der Waals surface area (Å²) in [7, 11) is 11.6. The van der Waals surface area contributed by atoms with Gasteiger partial charge in [0.05, 0.1) is 34.0 Å². The zero-order valence-corrected chi connectivity index (χ0v) is 25.2. The third kappa shape index (κ3) is 5.68. The van der Waals surface area contributed by atoms with Gasteiger partial charge in [0, 0.05) is 38.5 Å². The summed E-state index contributed by atoms with van der Waals surface area (Å²) in [4.78, 5) is 9.47. The molecule has 0 bridgehead atoms. The van der Waals surface area contributed by atoms with Crippen LogP contribution in [0.5, 0.6) is 0 Å². The Morgan fingerprint density at radius 2 is 1.71 bits per heavy atom. The van der Waals surface area contributed by atoms with Crippen LogP contribution >= 0.6 is 11.6 Å². The number of alkyl halides is 6. The van der Waals surface area contributed by atoms with Crippen LogP contribution in [0.1, 0.15) is 34.1 Å². The molecule has 1 aromatic heterocycles. The molecule has 6 rings (SSSR count). The number of halogens is 9. The third-order valence-electron chi connectivity index (χ3n) is 7.71. The van der Waals surface area contributed by atoms with Crippen LogP contribution in [0.2, 0.25) is 5.02 Å². The summed E-state index contributed by atoms with van der Waals surface area (Å²) in [6, 6.07) is 4.53. The number of hydrogen-bond acceptors (Lipinski definition) is 7. The molecule has 18 heteroatoms. The Kier molecular flexibility index (Phi) is 7.67. The highest BCUT2D eigenvalue weighted by molar-refractivity contribution is 6.41. The van der Waals surface area contributed by atoms with Gasteiger partial charge >= 0.3 is 12.4 Å². The number of aromatic nitrogens is 2. The van der Waals surface area contributed by atoms with E-state index < -0.39 is 64.4 Å². The highest BCUT2D eigenvalue weighted by Crippen LogP contribution is 2.56. The predicted molar refractivity (Wildman–Crippen MR) is 166 cm³/mol. The van der Waals surface area contributed by atoms with Crippen molar-refractivity contribution in [3.63, 3.8) is 0 Å². The van der Waals surface area contributed by atoms with Gasteiger partial charge in [-0.05, 0) is 43.3 Å². The number of fused-ring (bicyclic) bond motifs is 4. The molecule has 1 unspecified atom stereocenters. The second-order valence-electron chi connectivity index (χ2n) is 11.1. The Bertz CT molecular complexity index is 2050. The zero-order chi connectivity index (χ0) is 35.2. The maximum Gasteiger partial charge on any atom is 0.418 e. The van der Waals surface area contributed by atoms with Crippen LogP contribution in [-0.2, 0) is 6.18 Å². The lowest BCUT2D eigenvalue weighted by atomic mass is 9.71. The van der Waals surface area contributed by atoms with Crippen molar-refractivity contribution >= 4 is 66.8 Å². The molecule has 3 N–H and O–H groups in total. The van der Waals surface area contributed by atoms with Crippen molar-refractivity contribution in [2.24, 2.45) is 0 Å². The molecule has 0 saturated heterocycles. The monoisotopic (exact) mass is 688 g/mol. The lowest BCUT2D eigenvalue weighted by molar-refractivity contribution is -0.136. The van der Waals surface area contributed by atoms with Crippen molar-refractivity contribution in [1.82, 2.24) is 15.3 Å². The fourth-order valence-corrected chi connectivity index (χ4v) is 6.21. The van der Waals surface area contributed by atoms with E-state index in [2.05, 4.69) is 33.8 Å². The third-order valence-corrected chi connectivity index (χ3v) is 8.06. The Hall–Kier alpha value is -4.50. The first kappa shape index (κ1) is 33.4. The smallest absolute Gasteiger partial charge is 0.389 e. The summed E-state index contributed by atoms with van der Waals surface area (Å²) in [6.45, 7) is 7.28. The first-order chi connectivity index (χ1) is 22.2. The van der Waals surface area contributed by atoms with Crippen molar-refractivity contribution in [1.29, 1.82) is 0 Å². The number of hydrogen-bond donors (Lipinski definition) is 3. The summed E-state index contributed by atoms with van der Waals surface area (Å²) < 4.78 is 113. The fourth-order valence-electron chi connectivity index (χ4n) is 5.98. The van der Waals surface area contributed by atoms with Gasteiger partial charge in [-0.2, -0.15) is 26.3 Å². The molecule has 2 aliphatic rings. The maximum atomic E-state index is 14.6. The van der Waals surface area contributed by atoms with E-state index in [9.17, 15) is 40.2 Å². The van der Waals surface area contributed by atoms with Crippen molar-refractivity contribution in [3.05, 3.63) is 100 Å². The molecule has 4 radical (unpaired) electrons. The summed E-state index contributed by atoms with van der Waals surface area (Å²) in [5, 5.41) is 16.2. The molecule has 0 amide bonds. The molecule has 2 aliphatic heterocycles. The number of nitrogens with zero attached hydrogens (tertiary/aromatic N) is 4. The predicted octanol–water partition coefficient (Wildman–Crippen LogP) is 6.90. The number of aryl methyl sites for hydroxylation is 1. The topological polar surface area (TPSA) is 76.6 Å². The second-order valence-corrected chi connectivity index (χ2v) is 11.5. The first-order valence-electron chi connectivity index (χ1n) is 13.7. The van der Waals surface area contributed by atoms with Gasteiger partial charge in [-0.15, -0.1) is 0 Å².